The smallest absolute Gasteiger partial charge is 0.293 e. The third-order valence-electron chi connectivity index (χ3n) is 3.25. The van der Waals surface area contributed by atoms with Crippen LogP contribution in [-0.2, 0) is 9.53 Å². The lowest BCUT2D eigenvalue weighted by atomic mass is 10.2. The van der Waals surface area contributed by atoms with Gasteiger partial charge in [0.25, 0.3) is 6.47 Å². The summed E-state index contributed by atoms with van der Waals surface area (Å²) in [7, 11) is 1.27. The molecule has 1 aliphatic rings. The van der Waals surface area contributed by atoms with Gasteiger partial charge in [-0.25, -0.2) is 8.78 Å². The number of halogens is 2. The van der Waals surface area contributed by atoms with Crippen LogP contribution in [0.5, 0.6) is 5.75 Å². The molecule has 2 rings (SSSR count). The van der Waals surface area contributed by atoms with E-state index in [1.165, 1.54) is 7.11 Å². The van der Waals surface area contributed by atoms with Crippen molar-refractivity contribution >= 4 is 17.8 Å². The zero-order valence-corrected chi connectivity index (χ0v) is 14.5. The average Bonchev–Trinajstić information content (AvgIpc) is 2.52. The molecule has 1 aromatic carbocycles. The first kappa shape index (κ1) is 20.0. The SMILES string of the molecule is CC(C)(C)OC=O.COc1c(N)c(F)cc(N2CCNCC2)c1F. The normalized spacial score (nSPS) is 14.5. The second-order valence-corrected chi connectivity index (χ2v) is 6.20. The number of carbonyl (C=O) groups is 1. The van der Waals surface area contributed by atoms with Crippen molar-refractivity contribution in [1.82, 2.24) is 5.32 Å². The molecule has 0 aliphatic carbocycles. The van der Waals surface area contributed by atoms with Crippen molar-refractivity contribution in [2.75, 3.05) is 43.9 Å². The Morgan fingerprint density at radius 3 is 2.29 bits per heavy atom. The lowest BCUT2D eigenvalue weighted by Crippen LogP contribution is -2.44. The van der Waals surface area contributed by atoms with Crippen molar-refractivity contribution in [3.63, 3.8) is 0 Å². The summed E-state index contributed by atoms with van der Waals surface area (Å²) in [4.78, 5) is 11.4. The lowest BCUT2D eigenvalue weighted by Gasteiger charge is -2.30. The van der Waals surface area contributed by atoms with Crippen LogP contribution >= 0.6 is 0 Å². The molecule has 0 atom stereocenters. The molecule has 0 bridgehead atoms. The number of ether oxygens (including phenoxy) is 2. The topological polar surface area (TPSA) is 76.8 Å². The molecule has 8 heteroatoms. The standard InChI is InChI=1S/C11H15F2N3O.C5H10O2/c1-17-11-9(13)8(6-7(12)10(11)14)16-4-2-15-3-5-16;1-5(2,3)7-4-6/h6,15H,2-5,14H2,1H3;4H,1-3H3. The number of nitrogens with zero attached hydrogens (tertiary/aromatic N) is 1. The van der Waals surface area contributed by atoms with E-state index in [1.54, 1.807) is 4.90 Å². The minimum Gasteiger partial charge on any atom is -0.491 e. The highest BCUT2D eigenvalue weighted by Crippen LogP contribution is 2.35. The van der Waals surface area contributed by atoms with Crippen molar-refractivity contribution in [1.29, 1.82) is 0 Å². The number of benzene rings is 1. The zero-order valence-electron chi connectivity index (χ0n) is 14.5. The number of hydrogen-bond donors (Lipinski definition) is 2. The van der Waals surface area contributed by atoms with Gasteiger partial charge in [0.05, 0.1) is 12.8 Å². The third kappa shape index (κ3) is 5.52. The van der Waals surface area contributed by atoms with E-state index in [0.717, 1.165) is 19.2 Å². The molecule has 1 saturated heterocycles. The van der Waals surface area contributed by atoms with Gasteiger partial charge in [0.15, 0.2) is 17.4 Å². The largest absolute Gasteiger partial charge is 0.491 e. The molecule has 6 nitrogen and oxygen atoms in total. The van der Waals surface area contributed by atoms with Crippen LogP contribution in [0.2, 0.25) is 0 Å². The molecule has 0 radical (unpaired) electrons. The van der Waals surface area contributed by atoms with E-state index in [4.69, 9.17) is 10.5 Å². The molecule has 0 unspecified atom stereocenters. The summed E-state index contributed by atoms with van der Waals surface area (Å²) in [6, 6.07) is 1.12. The van der Waals surface area contributed by atoms with Crippen LogP contribution in [0.25, 0.3) is 0 Å². The quantitative estimate of drug-likeness (QED) is 0.644. The van der Waals surface area contributed by atoms with E-state index < -0.39 is 11.6 Å². The lowest BCUT2D eigenvalue weighted by molar-refractivity contribution is -0.138. The van der Waals surface area contributed by atoms with Crippen molar-refractivity contribution in [3.05, 3.63) is 17.7 Å². The van der Waals surface area contributed by atoms with Gasteiger partial charge in [-0.1, -0.05) is 0 Å². The van der Waals surface area contributed by atoms with E-state index in [9.17, 15) is 13.6 Å². The van der Waals surface area contributed by atoms with Crippen LogP contribution in [0.4, 0.5) is 20.2 Å². The number of nitrogen functional groups attached to an aromatic ring is 1. The molecule has 0 saturated carbocycles. The van der Waals surface area contributed by atoms with Gasteiger partial charge >= 0.3 is 0 Å². The highest BCUT2D eigenvalue weighted by Gasteiger charge is 2.22. The van der Waals surface area contributed by atoms with Gasteiger partial charge in [-0.3, -0.25) is 4.79 Å². The number of hydrogen-bond acceptors (Lipinski definition) is 6. The number of carbonyl (C=O) groups excluding carboxylic acids is 1. The minimum atomic E-state index is -0.656. The predicted octanol–water partition coefficient (Wildman–Crippen LogP) is 1.92. The number of nitrogens with one attached hydrogen (secondary N) is 1. The molecule has 1 heterocycles. The van der Waals surface area contributed by atoms with Gasteiger partial charge in [-0.15, -0.1) is 0 Å². The molecule has 0 spiro atoms. The van der Waals surface area contributed by atoms with Gasteiger partial charge in [0, 0.05) is 32.2 Å². The number of methoxy groups -OCH3 is 1. The fourth-order valence-electron chi connectivity index (χ4n) is 2.08. The second kappa shape index (κ2) is 8.68. The summed E-state index contributed by atoms with van der Waals surface area (Å²) in [6.07, 6.45) is 0. The molecular weight excluding hydrogens is 320 g/mol. The van der Waals surface area contributed by atoms with E-state index in [-0.39, 0.29) is 22.7 Å². The van der Waals surface area contributed by atoms with Crippen LogP contribution in [-0.4, -0.2) is 45.4 Å². The van der Waals surface area contributed by atoms with Crippen LogP contribution in [0.1, 0.15) is 20.8 Å². The van der Waals surface area contributed by atoms with Crippen molar-refractivity contribution in [2.24, 2.45) is 0 Å². The van der Waals surface area contributed by atoms with Crippen LogP contribution < -0.4 is 20.7 Å². The second-order valence-electron chi connectivity index (χ2n) is 6.20. The van der Waals surface area contributed by atoms with E-state index in [2.05, 4.69) is 10.1 Å². The maximum Gasteiger partial charge on any atom is 0.293 e. The van der Waals surface area contributed by atoms with E-state index in [0.29, 0.717) is 19.6 Å². The van der Waals surface area contributed by atoms with Gasteiger partial charge in [0.1, 0.15) is 11.3 Å². The summed E-state index contributed by atoms with van der Waals surface area (Å²) in [5.41, 5.74) is 5.02. The Morgan fingerprint density at radius 2 is 1.88 bits per heavy atom. The van der Waals surface area contributed by atoms with Crippen molar-refractivity contribution in [2.45, 2.75) is 26.4 Å². The summed E-state index contributed by atoms with van der Waals surface area (Å²) in [5.74, 6) is -1.48. The highest BCUT2D eigenvalue weighted by atomic mass is 19.1. The Kier molecular flexibility index (Phi) is 7.21. The predicted molar refractivity (Wildman–Crippen MR) is 89.3 cm³/mol. The van der Waals surface area contributed by atoms with E-state index in [1.807, 2.05) is 20.8 Å². The molecule has 0 aromatic heterocycles. The Balaban J connectivity index is 0.000000351. The van der Waals surface area contributed by atoms with Crippen molar-refractivity contribution in [3.8, 4) is 5.75 Å². The van der Waals surface area contributed by atoms with Crippen LogP contribution in [0, 0.1) is 11.6 Å². The Hall–Kier alpha value is -2.09. The summed E-state index contributed by atoms with van der Waals surface area (Å²) in [6.45, 7) is 8.67. The fraction of sp³-hybridized carbons (Fsp3) is 0.562. The zero-order chi connectivity index (χ0) is 18.3. The van der Waals surface area contributed by atoms with Gasteiger partial charge in [0.2, 0.25) is 0 Å². The highest BCUT2D eigenvalue weighted by molar-refractivity contribution is 5.64. The number of nitrogens with two attached hydrogens (primary N) is 1. The van der Waals surface area contributed by atoms with Crippen LogP contribution in [0.3, 0.4) is 0 Å². The third-order valence-corrected chi connectivity index (χ3v) is 3.25. The Labute approximate surface area is 140 Å². The molecule has 3 N–H and O–H groups in total. The molecular formula is C16H25F2N3O3. The molecule has 136 valence electrons. The van der Waals surface area contributed by atoms with Gasteiger partial charge < -0.3 is 25.4 Å². The monoisotopic (exact) mass is 345 g/mol. The first-order chi connectivity index (χ1) is 11.2. The Morgan fingerprint density at radius 1 is 1.29 bits per heavy atom. The summed E-state index contributed by atoms with van der Waals surface area (Å²) < 4.78 is 37.0. The van der Waals surface area contributed by atoms with Crippen LogP contribution in [0.15, 0.2) is 6.07 Å². The number of anilines is 2. The summed E-state index contributed by atoms with van der Waals surface area (Å²) in [5, 5.41) is 3.14. The molecule has 0 amide bonds. The molecule has 1 aliphatic heterocycles. The number of rotatable bonds is 3. The fourth-order valence-corrected chi connectivity index (χ4v) is 2.08. The van der Waals surface area contributed by atoms with E-state index >= 15 is 0 Å². The molecule has 1 fully saturated rings. The van der Waals surface area contributed by atoms with Gasteiger partial charge in [-0.05, 0) is 20.8 Å². The maximum absolute atomic E-state index is 14.1. The first-order valence-corrected chi connectivity index (χ1v) is 7.60. The molecule has 1 aromatic rings. The van der Waals surface area contributed by atoms with Crippen molar-refractivity contribution < 1.29 is 23.0 Å². The van der Waals surface area contributed by atoms with Gasteiger partial charge in [-0.2, -0.15) is 0 Å². The Bertz CT molecular complexity index is 556. The molecule has 24 heavy (non-hydrogen) atoms. The maximum atomic E-state index is 14.1. The minimum absolute atomic E-state index is 0.204. The summed E-state index contributed by atoms with van der Waals surface area (Å²) >= 11 is 0. The first-order valence-electron chi connectivity index (χ1n) is 7.60. The number of piperazine rings is 1. The average molecular weight is 345 g/mol.